The number of hydrogen-bond acceptors (Lipinski definition) is 2. The van der Waals surface area contributed by atoms with Crippen molar-refractivity contribution in [3.05, 3.63) is 237 Å². The van der Waals surface area contributed by atoms with Gasteiger partial charge in [0.2, 0.25) is 0 Å². The predicted molar refractivity (Wildman–Crippen MR) is 263 cm³/mol. The Hall–Kier alpha value is -8.20. The van der Waals surface area contributed by atoms with E-state index in [1.165, 1.54) is 60.1 Å². The van der Waals surface area contributed by atoms with Gasteiger partial charge in [-0.1, -0.05) is 188 Å². The van der Waals surface area contributed by atoms with Crippen molar-refractivity contribution < 1.29 is 4.42 Å². The molecule has 11 aromatic carbocycles. The Labute approximate surface area is 360 Å². The van der Waals surface area contributed by atoms with Gasteiger partial charge in [0.15, 0.2) is 0 Å². The van der Waals surface area contributed by atoms with Crippen LogP contribution in [0.1, 0.15) is 0 Å². The molecule has 12 aromatic rings. The van der Waals surface area contributed by atoms with E-state index in [9.17, 15) is 0 Å². The molecule has 0 saturated carbocycles. The normalized spacial score (nSPS) is 11.5. The van der Waals surface area contributed by atoms with E-state index in [-0.39, 0.29) is 0 Å². The van der Waals surface area contributed by atoms with E-state index in [1.54, 1.807) is 0 Å². The number of nitrogens with zero attached hydrogens (tertiary/aromatic N) is 1. The Morgan fingerprint density at radius 2 is 0.871 bits per heavy atom. The van der Waals surface area contributed by atoms with Crippen molar-refractivity contribution in [3.8, 4) is 44.5 Å². The summed E-state index contributed by atoms with van der Waals surface area (Å²) in [4.78, 5) is 2.41. The van der Waals surface area contributed by atoms with Crippen molar-refractivity contribution in [2.24, 2.45) is 0 Å². The second-order valence-corrected chi connectivity index (χ2v) is 16.0. The van der Waals surface area contributed by atoms with Gasteiger partial charge in [-0.15, -0.1) is 0 Å². The van der Waals surface area contributed by atoms with E-state index >= 15 is 0 Å². The van der Waals surface area contributed by atoms with Crippen LogP contribution in [0.3, 0.4) is 0 Å². The number of benzene rings is 11. The van der Waals surface area contributed by atoms with E-state index in [0.717, 1.165) is 55.7 Å². The summed E-state index contributed by atoms with van der Waals surface area (Å²) in [7, 11) is 0. The van der Waals surface area contributed by atoms with Crippen LogP contribution in [0.4, 0.5) is 17.1 Å². The molecule has 0 aliphatic heterocycles. The first kappa shape index (κ1) is 35.7. The van der Waals surface area contributed by atoms with Crippen molar-refractivity contribution in [1.29, 1.82) is 0 Å². The van der Waals surface area contributed by atoms with Crippen molar-refractivity contribution in [1.82, 2.24) is 0 Å². The van der Waals surface area contributed by atoms with Crippen LogP contribution in [0.15, 0.2) is 241 Å². The second-order valence-electron chi connectivity index (χ2n) is 16.0. The molecule has 1 aromatic heterocycles. The van der Waals surface area contributed by atoms with Gasteiger partial charge in [0.05, 0.1) is 11.1 Å². The van der Waals surface area contributed by atoms with Crippen LogP contribution in [0.25, 0.3) is 98.8 Å². The van der Waals surface area contributed by atoms with Gasteiger partial charge in [0.1, 0.15) is 11.2 Å². The Kier molecular flexibility index (Phi) is 8.53. The van der Waals surface area contributed by atoms with Gasteiger partial charge >= 0.3 is 0 Å². The fourth-order valence-electron chi connectivity index (χ4n) is 9.49. The lowest BCUT2D eigenvalue weighted by Crippen LogP contribution is -2.10. The molecule has 0 aliphatic carbocycles. The van der Waals surface area contributed by atoms with E-state index < -0.39 is 0 Å². The molecular formula is C60H39NO. The molecule has 290 valence electrons. The molecule has 62 heavy (non-hydrogen) atoms. The van der Waals surface area contributed by atoms with Crippen LogP contribution in [-0.2, 0) is 0 Å². The minimum absolute atomic E-state index is 0.864. The molecule has 0 fully saturated rings. The zero-order chi connectivity index (χ0) is 41.0. The van der Waals surface area contributed by atoms with Crippen molar-refractivity contribution in [2.45, 2.75) is 0 Å². The lowest BCUT2D eigenvalue weighted by Gasteiger charge is -2.27. The molecule has 0 spiro atoms. The molecule has 12 rings (SSSR count). The predicted octanol–water partition coefficient (Wildman–Crippen LogP) is 17.2. The fourth-order valence-corrected chi connectivity index (χ4v) is 9.49. The molecule has 0 radical (unpaired) electrons. The molecule has 0 atom stereocenters. The maximum absolute atomic E-state index is 6.92. The smallest absolute Gasteiger partial charge is 0.145 e. The van der Waals surface area contributed by atoms with Crippen LogP contribution in [-0.4, -0.2) is 0 Å². The standard InChI is InChI=1S/C60H39NO/c1-3-14-40(15-4-1)45-30-34-51(41-16-5-2-6-17-41)56(39-45)44-28-31-47(32-29-44)61(48-33-35-52-46(38-48)27-26-43-19-8-9-21-49(43)52)57-37-36-54(53-24-13-20-42-18-7-10-22-50(42)53)60-59(57)55-23-11-12-25-58(55)62-60/h1-39H. The third-order valence-electron chi connectivity index (χ3n) is 12.5. The average Bonchev–Trinajstić information content (AvgIpc) is 3.75. The van der Waals surface area contributed by atoms with Crippen LogP contribution in [0.2, 0.25) is 0 Å². The van der Waals surface area contributed by atoms with E-state index in [1.807, 2.05) is 0 Å². The summed E-state index contributed by atoms with van der Waals surface area (Å²) < 4.78 is 6.92. The summed E-state index contributed by atoms with van der Waals surface area (Å²) in [5, 5.41) is 9.48. The largest absolute Gasteiger partial charge is 0.455 e. The number of rotatable bonds is 7. The highest BCUT2D eigenvalue weighted by Crippen LogP contribution is 2.48. The lowest BCUT2D eigenvalue weighted by molar-refractivity contribution is 0.670. The fraction of sp³-hybridized carbons (Fsp3) is 0. The summed E-state index contributed by atoms with van der Waals surface area (Å²) in [6, 6.07) is 85.4. The third kappa shape index (κ3) is 6.04. The maximum atomic E-state index is 6.92. The van der Waals surface area contributed by atoms with Crippen LogP contribution in [0, 0.1) is 0 Å². The van der Waals surface area contributed by atoms with Gasteiger partial charge in [-0.2, -0.15) is 0 Å². The topological polar surface area (TPSA) is 16.4 Å². The molecule has 2 heteroatoms. The zero-order valence-corrected chi connectivity index (χ0v) is 33.9. The molecule has 1 heterocycles. The van der Waals surface area contributed by atoms with Crippen LogP contribution >= 0.6 is 0 Å². The molecule has 0 aliphatic rings. The molecule has 0 unspecified atom stereocenters. The summed E-state index contributed by atoms with van der Waals surface area (Å²) in [5.41, 5.74) is 14.3. The van der Waals surface area contributed by atoms with Gasteiger partial charge in [-0.3, -0.25) is 0 Å². The first-order chi connectivity index (χ1) is 30.7. The van der Waals surface area contributed by atoms with Crippen molar-refractivity contribution >= 4 is 71.3 Å². The Bertz CT molecular complexity index is 3620. The second kappa shape index (κ2) is 14.8. The number of furan rings is 1. The van der Waals surface area contributed by atoms with Gasteiger partial charge in [-0.25, -0.2) is 0 Å². The molecule has 0 bridgehead atoms. The van der Waals surface area contributed by atoms with Gasteiger partial charge in [0.25, 0.3) is 0 Å². The minimum atomic E-state index is 0.864. The molecule has 2 nitrogen and oxygen atoms in total. The molecule has 0 saturated heterocycles. The number of para-hydroxylation sites is 1. The van der Waals surface area contributed by atoms with Gasteiger partial charge in [-0.05, 0) is 120 Å². The zero-order valence-electron chi connectivity index (χ0n) is 33.9. The molecule has 0 amide bonds. The Morgan fingerprint density at radius 1 is 0.290 bits per heavy atom. The highest BCUT2D eigenvalue weighted by atomic mass is 16.3. The SMILES string of the molecule is c1ccc(-c2ccc(-c3ccccc3)c(-c3ccc(N(c4ccc5c(ccc6ccccc65)c4)c4ccc(-c5cccc6ccccc56)c5oc6ccccc6c45)cc3)c2)cc1. The molecule has 0 N–H and O–H groups in total. The first-order valence-corrected chi connectivity index (χ1v) is 21.2. The van der Waals surface area contributed by atoms with E-state index in [2.05, 4.69) is 241 Å². The summed E-state index contributed by atoms with van der Waals surface area (Å²) >= 11 is 0. The highest BCUT2D eigenvalue weighted by molar-refractivity contribution is 6.19. The third-order valence-corrected chi connectivity index (χ3v) is 12.5. The monoisotopic (exact) mass is 789 g/mol. The first-order valence-electron chi connectivity index (χ1n) is 21.2. The minimum Gasteiger partial charge on any atom is -0.455 e. The molecular weight excluding hydrogens is 751 g/mol. The number of hydrogen-bond donors (Lipinski definition) is 0. The van der Waals surface area contributed by atoms with Crippen LogP contribution < -0.4 is 4.90 Å². The average molecular weight is 790 g/mol. The number of anilines is 3. The lowest BCUT2D eigenvalue weighted by atomic mass is 9.91. The Morgan fingerprint density at radius 3 is 1.68 bits per heavy atom. The van der Waals surface area contributed by atoms with Crippen molar-refractivity contribution in [2.75, 3.05) is 4.90 Å². The van der Waals surface area contributed by atoms with Crippen molar-refractivity contribution in [3.63, 3.8) is 0 Å². The number of fused-ring (bicyclic) bond motifs is 7. The van der Waals surface area contributed by atoms with Gasteiger partial charge in [0, 0.05) is 22.3 Å². The summed E-state index contributed by atoms with van der Waals surface area (Å²) in [6.07, 6.45) is 0. The highest BCUT2D eigenvalue weighted by Gasteiger charge is 2.23. The maximum Gasteiger partial charge on any atom is 0.145 e. The Balaban J connectivity index is 1.08. The quantitative estimate of drug-likeness (QED) is 0.150. The van der Waals surface area contributed by atoms with Gasteiger partial charge < -0.3 is 9.32 Å². The van der Waals surface area contributed by atoms with E-state index in [4.69, 9.17) is 4.42 Å². The van der Waals surface area contributed by atoms with E-state index in [0.29, 0.717) is 0 Å². The summed E-state index contributed by atoms with van der Waals surface area (Å²) in [6.45, 7) is 0. The van der Waals surface area contributed by atoms with Crippen LogP contribution in [0.5, 0.6) is 0 Å². The summed E-state index contributed by atoms with van der Waals surface area (Å²) in [5.74, 6) is 0.